The van der Waals surface area contributed by atoms with Crippen LogP contribution in [0.3, 0.4) is 0 Å². The Morgan fingerprint density at radius 1 is 1.29 bits per heavy atom. The topological polar surface area (TPSA) is 70.0 Å². The molecule has 0 aliphatic heterocycles. The summed E-state index contributed by atoms with van der Waals surface area (Å²) in [4.78, 5) is -0.0586. The third kappa shape index (κ3) is 3.23. The van der Waals surface area contributed by atoms with E-state index < -0.39 is 15.8 Å². The second-order valence-electron chi connectivity index (χ2n) is 4.29. The molecule has 1 N–H and O–H groups in total. The van der Waals surface area contributed by atoms with Crippen LogP contribution in [0.2, 0.25) is 0 Å². The van der Waals surface area contributed by atoms with Gasteiger partial charge >= 0.3 is 0 Å². The molecule has 0 aromatic heterocycles. The minimum absolute atomic E-state index is 0.0586. The van der Waals surface area contributed by atoms with Gasteiger partial charge in [0.1, 0.15) is 5.82 Å². The van der Waals surface area contributed by atoms with Crippen LogP contribution < -0.4 is 4.72 Å². The number of benzene rings is 2. The molecule has 0 heterocycles. The van der Waals surface area contributed by atoms with E-state index in [0.717, 1.165) is 6.07 Å². The number of nitrogens with zero attached hydrogens (tertiary/aromatic N) is 1. The maximum absolute atomic E-state index is 13.7. The molecule has 0 unspecified atom stereocenters. The Morgan fingerprint density at radius 3 is 2.62 bits per heavy atom. The Hall–Kier alpha value is -1.91. The lowest BCUT2D eigenvalue weighted by molar-refractivity contribution is 0.598. The number of anilines is 1. The molecule has 7 heteroatoms. The van der Waals surface area contributed by atoms with Crippen LogP contribution in [0.5, 0.6) is 0 Å². The number of nitrogens with one attached hydrogen (secondary N) is 1. The SMILES string of the molecule is Cc1ccc(C#N)cc1S(=O)(=O)Nc1c(F)cccc1Br. The van der Waals surface area contributed by atoms with Gasteiger partial charge in [0.05, 0.1) is 22.2 Å². The summed E-state index contributed by atoms with van der Waals surface area (Å²) in [6.07, 6.45) is 0. The normalized spacial score (nSPS) is 11.0. The molecule has 108 valence electrons. The van der Waals surface area contributed by atoms with Crippen LogP contribution in [0, 0.1) is 24.1 Å². The zero-order chi connectivity index (χ0) is 15.6. The Kier molecular flexibility index (Phi) is 4.30. The summed E-state index contributed by atoms with van der Waals surface area (Å²) in [5.74, 6) is -0.693. The van der Waals surface area contributed by atoms with Crippen molar-refractivity contribution in [1.82, 2.24) is 0 Å². The van der Waals surface area contributed by atoms with E-state index in [9.17, 15) is 12.8 Å². The van der Waals surface area contributed by atoms with Crippen LogP contribution in [-0.4, -0.2) is 8.42 Å². The fourth-order valence-corrected chi connectivity index (χ4v) is 3.68. The number of rotatable bonds is 3. The first kappa shape index (κ1) is 15.5. The van der Waals surface area contributed by atoms with E-state index in [1.165, 1.54) is 30.3 Å². The van der Waals surface area contributed by atoms with Crippen LogP contribution in [0.15, 0.2) is 45.8 Å². The smallest absolute Gasteiger partial charge is 0.262 e. The average molecular weight is 369 g/mol. The summed E-state index contributed by atoms with van der Waals surface area (Å²) in [6.45, 7) is 1.60. The van der Waals surface area contributed by atoms with Crippen molar-refractivity contribution >= 4 is 31.6 Å². The molecule has 2 rings (SSSR count). The molecule has 0 saturated heterocycles. The third-order valence-corrected chi connectivity index (χ3v) is 4.96. The van der Waals surface area contributed by atoms with Gasteiger partial charge in [0.2, 0.25) is 0 Å². The lowest BCUT2D eigenvalue weighted by Crippen LogP contribution is -2.15. The van der Waals surface area contributed by atoms with Gasteiger partial charge in [0.15, 0.2) is 0 Å². The molecule has 2 aromatic rings. The zero-order valence-corrected chi connectivity index (χ0v) is 13.3. The fourth-order valence-electron chi connectivity index (χ4n) is 1.74. The van der Waals surface area contributed by atoms with Crippen molar-refractivity contribution in [2.24, 2.45) is 0 Å². The van der Waals surface area contributed by atoms with Crippen molar-refractivity contribution in [2.75, 3.05) is 4.72 Å². The molecule has 0 fully saturated rings. The number of nitriles is 1. The van der Waals surface area contributed by atoms with Crippen molar-refractivity contribution in [1.29, 1.82) is 5.26 Å². The highest BCUT2D eigenvalue weighted by Crippen LogP contribution is 2.28. The lowest BCUT2D eigenvalue weighted by atomic mass is 10.2. The molecule has 0 aliphatic rings. The van der Waals surface area contributed by atoms with E-state index in [0.29, 0.717) is 10.0 Å². The van der Waals surface area contributed by atoms with Crippen LogP contribution >= 0.6 is 15.9 Å². The number of halogens is 2. The van der Waals surface area contributed by atoms with Gasteiger partial charge in [-0.3, -0.25) is 4.72 Å². The molecule has 21 heavy (non-hydrogen) atoms. The molecule has 0 atom stereocenters. The van der Waals surface area contributed by atoms with E-state index in [1.54, 1.807) is 6.92 Å². The molecular weight excluding hydrogens is 359 g/mol. The summed E-state index contributed by atoms with van der Waals surface area (Å²) in [5, 5.41) is 8.86. The monoisotopic (exact) mass is 368 g/mol. The average Bonchev–Trinajstić information content (AvgIpc) is 2.43. The molecule has 0 saturated carbocycles. The molecular formula is C14H10BrFN2O2S. The highest BCUT2D eigenvalue weighted by atomic mass is 79.9. The number of para-hydroxylation sites is 1. The molecule has 0 spiro atoms. The fraction of sp³-hybridized carbons (Fsp3) is 0.0714. The second kappa shape index (κ2) is 5.84. The van der Waals surface area contributed by atoms with E-state index in [2.05, 4.69) is 20.7 Å². The molecule has 0 aliphatic carbocycles. The van der Waals surface area contributed by atoms with Crippen molar-refractivity contribution < 1.29 is 12.8 Å². The van der Waals surface area contributed by atoms with Crippen molar-refractivity contribution in [3.05, 3.63) is 57.8 Å². The lowest BCUT2D eigenvalue weighted by Gasteiger charge is -2.12. The zero-order valence-electron chi connectivity index (χ0n) is 10.9. The predicted octanol–water partition coefficient (Wildman–Crippen LogP) is 3.57. The van der Waals surface area contributed by atoms with Gasteiger partial charge in [-0.05, 0) is 52.7 Å². The van der Waals surface area contributed by atoms with Gasteiger partial charge in [0, 0.05) is 4.47 Å². The maximum atomic E-state index is 13.7. The van der Waals surface area contributed by atoms with Crippen LogP contribution in [0.4, 0.5) is 10.1 Å². The summed E-state index contributed by atoms with van der Waals surface area (Å²) in [5.41, 5.74) is 0.516. The van der Waals surface area contributed by atoms with Gasteiger partial charge in [-0.1, -0.05) is 12.1 Å². The Labute approximate surface area is 130 Å². The molecule has 0 radical (unpaired) electrons. The molecule has 2 aromatic carbocycles. The van der Waals surface area contributed by atoms with Crippen molar-refractivity contribution in [3.63, 3.8) is 0 Å². The molecule has 0 bridgehead atoms. The first-order valence-corrected chi connectivity index (χ1v) is 8.10. The summed E-state index contributed by atoms with van der Waals surface area (Å²) in [6, 6.07) is 10.3. The third-order valence-electron chi connectivity index (χ3n) is 2.81. The largest absolute Gasteiger partial charge is 0.275 e. The van der Waals surface area contributed by atoms with Gasteiger partial charge < -0.3 is 0 Å². The first-order valence-electron chi connectivity index (χ1n) is 5.83. The number of hydrogen-bond acceptors (Lipinski definition) is 3. The van der Waals surface area contributed by atoms with Crippen molar-refractivity contribution in [3.8, 4) is 6.07 Å². The Balaban J connectivity index is 2.51. The van der Waals surface area contributed by atoms with Gasteiger partial charge in [-0.25, -0.2) is 12.8 Å². The van der Waals surface area contributed by atoms with E-state index in [4.69, 9.17) is 5.26 Å². The first-order chi connectivity index (χ1) is 9.85. The minimum Gasteiger partial charge on any atom is -0.275 e. The van der Waals surface area contributed by atoms with Gasteiger partial charge in [-0.15, -0.1) is 0 Å². The summed E-state index contributed by atoms with van der Waals surface area (Å²) < 4.78 is 41.0. The van der Waals surface area contributed by atoms with Crippen molar-refractivity contribution in [2.45, 2.75) is 11.8 Å². The Bertz CT molecular complexity index is 824. The predicted molar refractivity (Wildman–Crippen MR) is 80.8 cm³/mol. The number of sulfonamides is 1. The van der Waals surface area contributed by atoms with Gasteiger partial charge in [-0.2, -0.15) is 5.26 Å². The van der Waals surface area contributed by atoms with Crippen LogP contribution in [0.25, 0.3) is 0 Å². The summed E-state index contributed by atoms with van der Waals surface area (Å²) >= 11 is 3.10. The van der Waals surface area contributed by atoms with Gasteiger partial charge in [0.25, 0.3) is 10.0 Å². The van der Waals surface area contributed by atoms with E-state index in [-0.39, 0.29) is 16.1 Å². The van der Waals surface area contributed by atoms with E-state index in [1.807, 2.05) is 6.07 Å². The maximum Gasteiger partial charge on any atom is 0.262 e. The second-order valence-corrected chi connectivity index (χ2v) is 6.80. The standard InChI is InChI=1S/C14H10BrFN2O2S/c1-9-5-6-10(8-17)7-13(9)21(19,20)18-14-11(15)3-2-4-12(14)16/h2-7,18H,1H3. The van der Waals surface area contributed by atoms with E-state index >= 15 is 0 Å². The number of aryl methyl sites for hydroxylation is 1. The Morgan fingerprint density at radius 2 is 2.00 bits per heavy atom. The minimum atomic E-state index is -3.99. The highest BCUT2D eigenvalue weighted by Gasteiger charge is 2.20. The number of hydrogen-bond donors (Lipinski definition) is 1. The van der Waals surface area contributed by atoms with Crippen LogP contribution in [-0.2, 0) is 10.0 Å². The molecule has 0 amide bonds. The van der Waals surface area contributed by atoms with Crippen LogP contribution in [0.1, 0.15) is 11.1 Å². The summed E-state index contributed by atoms with van der Waals surface area (Å²) in [7, 11) is -3.99. The highest BCUT2D eigenvalue weighted by molar-refractivity contribution is 9.10. The molecule has 4 nitrogen and oxygen atoms in total. The quantitative estimate of drug-likeness (QED) is 0.899.